The molecule has 3 atom stereocenters. The average Bonchev–Trinajstić information content (AvgIpc) is 2.82. The van der Waals surface area contributed by atoms with Gasteiger partial charge < -0.3 is 10.6 Å². The Bertz CT molecular complexity index is 313. The van der Waals surface area contributed by atoms with Crippen molar-refractivity contribution in [3.05, 3.63) is 0 Å². The van der Waals surface area contributed by atoms with E-state index >= 15 is 0 Å². The van der Waals surface area contributed by atoms with Crippen LogP contribution in [0.4, 0.5) is 4.79 Å². The van der Waals surface area contributed by atoms with Crippen molar-refractivity contribution < 1.29 is 4.79 Å². The van der Waals surface area contributed by atoms with Crippen molar-refractivity contribution in [2.24, 2.45) is 0 Å². The van der Waals surface area contributed by atoms with Crippen LogP contribution < -0.4 is 10.6 Å². The Labute approximate surface area is 127 Å². The Hall–Kier alpha value is -0.420. The first-order valence-electron chi connectivity index (χ1n) is 8.09. The van der Waals surface area contributed by atoms with Crippen molar-refractivity contribution in [2.75, 3.05) is 24.6 Å². The maximum Gasteiger partial charge on any atom is 0.315 e. The van der Waals surface area contributed by atoms with Gasteiger partial charge in [-0.3, -0.25) is 4.90 Å². The monoisotopic (exact) mass is 299 g/mol. The Balaban J connectivity index is 1.69. The first kappa shape index (κ1) is 16.0. The summed E-state index contributed by atoms with van der Waals surface area (Å²) in [5, 5.41) is 6.28. The van der Waals surface area contributed by atoms with E-state index in [1.165, 1.54) is 25.8 Å². The highest BCUT2D eigenvalue weighted by atomic mass is 32.2. The fourth-order valence-electron chi connectivity index (χ4n) is 3.33. The number of urea groups is 1. The fourth-order valence-corrected chi connectivity index (χ4v) is 4.14. The molecule has 2 heterocycles. The van der Waals surface area contributed by atoms with Crippen LogP contribution in [-0.4, -0.2) is 53.7 Å². The van der Waals surface area contributed by atoms with E-state index < -0.39 is 0 Å². The maximum absolute atomic E-state index is 12.1. The van der Waals surface area contributed by atoms with Crippen LogP contribution >= 0.6 is 11.8 Å². The first-order chi connectivity index (χ1) is 9.70. The third-order valence-electron chi connectivity index (χ3n) is 4.45. The molecule has 0 aromatic carbocycles. The molecule has 0 spiro atoms. The molecule has 0 aromatic heterocycles. The second kappa shape index (κ2) is 8.13. The van der Waals surface area contributed by atoms with Crippen molar-refractivity contribution >= 4 is 17.8 Å². The minimum Gasteiger partial charge on any atom is -0.336 e. The Morgan fingerprint density at radius 1 is 1.35 bits per heavy atom. The predicted octanol–water partition coefficient (Wildman–Crippen LogP) is 2.44. The summed E-state index contributed by atoms with van der Waals surface area (Å²) >= 11 is 1.93. The molecule has 0 saturated carbocycles. The lowest BCUT2D eigenvalue weighted by molar-refractivity contribution is 0.178. The van der Waals surface area contributed by atoms with E-state index in [0.717, 1.165) is 30.9 Å². The standard InChI is InChI=1S/C15H29N3OS/c1-3-20-11-8-12(2)16-15(19)17-13-7-10-18-9-5-4-6-14(13)18/h12-14H,3-11H2,1-2H3,(H2,16,17,19)/t12-,13-,14-/m0/s1. The van der Waals surface area contributed by atoms with Gasteiger partial charge in [0.1, 0.15) is 0 Å². The summed E-state index contributed by atoms with van der Waals surface area (Å²) in [7, 11) is 0. The molecule has 0 radical (unpaired) electrons. The van der Waals surface area contributed by atoms with Gasteiger partial charge in [-0.2, -0.15) is 11.8 Å². The summed E-state index contributed by atoms with van der Waals surface area (Å²) in [4.78, 5) is 14.6. The van der Waals surface area contributed by atoms with E-state index in [1.54, 1.807) is 0 Å². The third kappa shape index (κ3) is 4.55. The minimum atomic E-state index is 0.0245. The summed E-state index contributed by atoms with van der Waals surface area (Å²) < 4.78 is 0. The highest BCUT2D eigenvalue weighted by Crippen LogP contribution is 2.26. The summed E-state index contributed by atoms with van der Waals surface area (Å²) in [6.07, 6.45) is 6.03. The Morgan fingerprint density at radius 2 is 2.20 bits per heavy atom. The number of rotatable bonds is 6. The third-order valence-corrected chi connectivity index (χ3v) is 5.38. The van der Waals surface area contributed by atoms with Gasteiger partial charge in [0.15, 0.2) is 0 Å². The summed E-state index contributed by atoms with van der Waals surface area (Å²) in [5.41, 5.74) is 0. The van der Waals surface area contributed by atoms with E-state index in [-0.39, 0.29) is 12.1 Å². The maximum atomic E-state index is 12.1. The number of amides is 2. The van der Waals surface area contributed by atoms with Gasteiger partial charge in [-0.15, -0.1) is 0 Å². The Morgan fingerprint density at radius 3 is 3.00 bits per heavy atom. The number of fused-ring (bicyclic) bond motifs is 1. The molecule has 5 heteroatoms. The van der Waals surface area contributed by atoms with Crippen molar-refractivity contribution in [1.82, 2.24) is 15.5 Å². The highest BCUT2D eigenvalue weighted by molar-refractivity contribution is 7.99. The molecular weight excluding hydrogens is 270 g/mol. The van der Waals surface area contributed by atoms with Crippen LogP contribution in [0, 0.1) is 0 Å². The number of nitrogens with one attached hydrogen (secondary N) is 2. The Kier molecular flexibility index (Phi) is 6.49. The topological polar surface area (TPSA) is 44.4 Å². The van der Waals surface area contributed by atoms with Crippen molar-refractivity contribution in [1.29, 1.82) is 0 Å². The largest absolute Gasteiger partial charge is 0.336 e. The van der Waals surface area contributed by atoms with Crippen LogP contribution in [0.15, 0.2) is 0 Å². The zero-order chi connectivity index (χ0) is 14.4. The SMILES string of the molecule is CCSCC[C@H](C)NC(=O)N[C@H]1CCN2CCCC[C@@H]12. The number of carbonyl (C=O) groups excluding carboxylic acids is 1. The van der Waals surface area contributed by atoms with E-state index in [9.17, 15) is 4.79 Å². The molecule has 2 saturated heterocycles. The van der Waals surface area contributed by atoms with Crippen LogP contribution in [0.3, 0.4) is 0 Å². The number of hydrogen-bond donors (Lipinski definition) is 2. The molecule has 2 rings (SSSR count). The molecule has 0 unspecified atom stereocenters. The first-order valence-corrected chi connectivity index (χ1v) is 9.25. The van der Waals surface area contributed by atoms with Crippen LogP contribution in [0.2, 0.25) is 0 Å². The van der Waals surface area contributed by atoms with Crippen molar-refractivity contribution in [3.63, 3.8) is 0 Å². The van der Waals surface area contributed by atoms with Gasteiger partial charge in [-0.05, 0) is 50.7 Å². The highest BCUT2D eigenvalue weighted by Gasteiger charge is 2.36. The average molecular weight is 299 g/mol. The van der Waals surface area contributed by atoms with Gasteiger partial charge in [0, 0.05) is 24.7 Å². The number of thioether (sulfide) groups is 1. The van der Waals surface area contributed by atoms with Crippen LogP contribution in [-0.2, 0) is 0 Å². The smallest absolute Gasteiger partial charge is 0.315 e. The van der Waals surface area contributed by atoms with Gasteiger partial charge >= 0.3 is 6.03 Å². The summed E-state index contributed by atoms with van der Waals surface area (Å²) in [6.45, 7) is 6.64. The quantitative estimate of drug-likeness (QED) is 0.741. The van der Waals surface area contributed by atoms with Crippen molar-refractivity contribution in [3.8, 4) is 0 Å². The number of carbonyl (C=O) groups is 1. The molecule has 2 aliphatic heterocycles. The molecule has 0 bridgehead atoms. The molecule has 2 fully saturated rings. The number of piperidine rings is 1. The van der Waals surface area contributed by atoms with Crippen LogP contribution in [0.1, 0.15) is 46.0 Å². The molecule has 0 aromatic rings. The van der Waals surface area contributed by atoms with E-state index in [0.29, 0.717) is 12.1 Å². The van der Waals surface area contributed by atoms with E-state index in [4.69, 9.17) is 0 Å². The molecular formula is C15H29N3OS. The minimum absolute atomic E-state index is 0.0245. The second-order valence-corrected chi connectivity index (χ2v) is 7.39. The molecule has 4 nitrogen and oxygen atoms in total. The van der Waals surface area contributed by atoms with Crippen LogP contribution in [0.5, 0.6) is 0 Å². The lowest BCUT2D eigenvalue weighted by atomic mass is 9.99. The zero-order valence-electron chi connectivity index (χ0n) is 12.9. The van der Waals surface area contributed by atoms with E-state index in [1.807, 2.05) is 11.8 Å². The molecule has 20 heavy (non-hydrogen) atoms. The van der Waals surface area contributed by atoms with Crippen molar-refractivity contribution in [2.45, 2.75) is 64.1 Å². The normalized spacial score (nSPS) is 27.9. The van der Waals surface area contributed by atoms with Gasteiger partial charge in [-0.1, -0.05) is 13.3 Å². The molecule has 116 valence electrons. The van der Waals surface area contributed by atoms with Gasteiger partial charge in [0.05, 0.1) is 0 Å². The number of nitrogens with zero attached hydrogens (tertiary/aromatic N) is 1. The summed E-state index contributed by atoms with van der Waals surface area (Å²) in [6, 6.07) is 1.22. The van der Waals surface area contributed by atoms with Gasteiger partial charge in [0.2, 0.25) is 0 Å². The lowest BCUT2D eigenvalue weighted by Gasteiger charge is -2.32. The predicted molar refractivity (Wildman–Crippen MR) is 86.4 cm³/mol. The molecule has 2 aliphatic rings. The zero-order valence-corrected chi connectivity index (χ0v) is 13.7. The van der Waals surface area contributed by atoms with E-state index in [2.05, 4.69) is 29.4 Å². The fraction of sp³-hybridized carbons (Fsp3) is 0.933. The van der Waals surface area contributed by atoms with Gasteiger partial charge in [0.25, 0.3) is 0 Å². The molecule has 2 N–H and O–H groups in total. The second-order valence-electron chi connectivity index (χ2n) is 6.00. The number of hydrogen-bond acceptors (Lipinski definition) is 3. The van der Waals surface area contributed by atoms with Gasteiger partial charge in [-0.25, -0.2) is 4.79 Å². The lowest BCUT2D eigenvalue weighted by Crippen LogP contribution is -2.51. The summed E-state index contributed by atoms with van der Waals surface area (Å²) in [5.74, 6) is 2.27. The molecule has 2 amide bonds. The van der Waals surface area contributed by atoms with Crippen LogP contribution in [0.25, 0.3) is 0 Å². The molecule has 0 aliphatic carbocycles.